The van der Waals surface area contributed by atoms with E-state index in [1.807, 2.05) is 47.9 Å². The third-order valence-electron chi connectivity index (χ3n) is 7.09. The number of carbonyl (C=O) groups is 2. The van der Waals surface area contributed by atoms with E-state index in [9.17, 15) is 5.11 Å². The number of likely N-dealkylation sites (tertiary alicyclic amines) is 1. The molecule has 1 aliphatic rings. The monoisotopic (exact) mass is 570 g/mol. The number of hydrogen-bond acceptors (Lipinski definition) is 8. The van der Waals surface area contributed by atoms with E-state index in [0.29, 0.717) is 18.5 Å². The van der Waals surface area contributed by atoms with Gasteiger partial charge in [-0.25, -0.2) is 9.59 Å². The molecule has 5 rings (SSSR count). The quantitative estimate of drug-likeness (QED) is 0.224. The fraction of sp³-hybridized carbons (Fsp3) is 0.379. The average Bonchev–Trinajstić information content (AvgIpc) is 3.60. The summed E-state index contributed by atoms with van der Waals surface area (Å²) in [4.78, 5) is 25.2. The number of aromatic nitrogens is 1. The van der Waals surface area contributed by atoms with Crippen LogP contribution in [-0.2, 0) is 9.59 Å². The zero-order chi connectivity index (χ0) is 28.8. The molecule has 0 saturated carbocycles. The Bertz CT molecular complexity index is 1450. The van der Waals surface area contributed by atoms with E-state index >= 15 is 0 Å². The van der Waals surface area contributed by atoms with Gasteiger partial charge in [0.25, 0.3) is 0 Å². The molecule has 3 atom stereocenters. The molecule has 0 aliphatic carbocycles. The zero-order valence-corrected chi connectivity index (χ0v) is 23.4. The minimum absolute atomic E-state index is 0.287. The number of methoxy groups -OCH3 is 2. The molecule has 11 heteroatoms. The van der Waals surface area contributed by atoms with Crippen LogP contribution in [0.15, 0.2) is 48.7 Å². The van der Waals surface area contributed by atoms with Gasteiger partial charge in [-0.1, -0.05) is 6.07 Å². The van der Waals surface area contributed by atoms with Crippen molar-refractivity contribution in [3.8, 4) is 17.2 Å². The summed E-state index contributed by atoms with van der Waals surface area (Å²) in [6.07, 6.45) is 3.52. The minimum atomic E-state index is -1.82. The second-order valence-electron chi connectivity index (χ2n) is 9.70. The highest BCUT2D eigenvalue weighted by molar-refractivity contribution is 7.19. The van der Waals surface area contributed by atoms with Gasteiger partial charge in [-0.3, -0.25) is 4.90 Å². The van der Waals surface area contributed by atoms with Crippen molar-refractivity contribution >= 4 is 44.3 Å². The van der Waals surface area contributed by atoms with Crippen LogP contribution in [-0.4, -0.2) is 83.2 Å². The molecule has 0 bridgehead atoms. The van der Waals surface area contributed by atoms with Crippen LogP contribution in [0.1, 0.15) is 30.6 Å². The second-order valence-corrected chi connectivity index (χ2v) is 10.8. The molecule has 1 fully saturated rings. The van der Waals surface area contributed by atoms with Crippen LogP contribution in [0, 0.1) is 0 Å². The molecule has 40 heavy (non-hydrogen) atoms. The predicted octanol–water partition coefficient (Wildman–Crippen LogP) is 4.56. The normalized spacial score (nSPS) is 18.1. The first-order chi connectivity index (χ1) is 19.2. The van der Waals surface area contributed by atoms with Gasteiger partial charge in [-0.2, -0.15) is 0 Å². The summed E-state index contributed by atoms with van der Waals surface area (Å²) >= 11 is 1.85. The number of piperidine rings is 1. The molecule has 0 radical (unpaired) electrons. The lowest BCUT2D eigenvalue weighted by Crippen LogP contribution is -2.45. The smallest absolute Gasteiger partial charge is 0.414 e. The lowest BCUT2D eigenvalue weighted by molar-refractivity contribution is -0.159. The van der Waals surface area contributed by atoms with Crippen molar-refractivity contribution in [3.05, 3.63) is 53.5 Å². The van der Waals surface area contributed by atoms with Gasteiger partial charge >= 0.3 is 11.9 Å². The number of nitrogens with zero attached hydrogens (tertiary/aromatic N) is 1. The number of ether oxygens (including phenoxy) is 3. The maximum atomic E-state index is 10.7. The summed E-state index contributed by atoms with van der Waals surface area (Å²) in [7, 11) is 3.37. The van der Waals surface area contributed by atoms with Crippen LogP contribution in [0.4, 0.5) is 0 Å². The molecular weight excluding hydrogens is 536 g/mol. The maximum Gasteiger partial charge on any atom is 0.414 e. The number of nitrogens with one attached hydrogen (secondary N) is 1. The molecule has 4 N–H and O–H groups in total. The molecule has 10 nitrogen and oxygen atoms in total. The molecule has 2 aromatic carbocycles. The summed E-state index contributed by atoms with van der Waals surface area (Å²) in [6, 6.07) is 14.7. The number of aliphatic hydroxyl groups excluding tert-OH is 1. The summed E-state index contributed by atoms with van der Waals surface area (Å²) in [5.74, 6) is -0.747. The SMILES string of the molecule is COc1ccc2sc([C@H]3CCN(C[C@H](O)COc4cccc5[nH]ccc45)[C@@H](C)C3)cc2c1OC.O=C(O)C(=O)O. The number of aliphatic carboxylic acids is 2. The number of carboxylic acid groups (broad SMARTS) is 2. The maximum absolute atomic E-state index is 10.7. The standard InChI is InChI=1S/C27H32N2O4S.C2H2O4/c1-17-13-18(26-14-21-25(34-26)8-7-24(31-2)27(21)32-3)10-12-29(17)15-19(30)16-33-23-6-4-5-22-20(23)9-11-28-22;3-1(4)2(5)6/h4-9,11,14,17-19,28,30H,10,12-13,15-16H2,1-3H3;(H,3,4)(H,5,6)/t17-,18-,19-;/m0./s1. The van der Waals surface area contributed by atoms with Crippen LogP contribution in [0.5, 0.6) is 17.2 Å². The summed E-state index contributed by atoms with van der Waals surface area (Å²) in [6.45, 7) is 4.13. The van der Waals surface area contributed by atoms with E-state index in [0.717, 1.165) is 52.9 Å². The van der Waals surface area contributed by atoms with Gasteiger partial charge in [0.1, 0.15) is 18.5 Å². The fourth-order valence-corrected chi connectivity index (χ4v) is 6.31. The van der Waals surface area contributed by atoms with E-state index in [4.69, 9.17) is 34.0 Å². The third-order valence-corrected chi connectivity index (χ3v) is 8.35. The first-order valence-electron chi connectivity index (χ1n) is 12.9. The topological polar surface area (TPSA) is 142 Å². The number of fused-ring (bicyclic) bond motifs is 2. The van der Waals surface area contributed by atoms with Gasteiger partial charge in [-0.15, -0.1) is 11.3 Å². The van der Waals surface area contributed by atoms with Crippen molar-refractivity contribution in [2.45, 2.75) is 37.8 Å². The average molecular weight is 571 g/mol. The lowest BCUT2D eigenvalue weighted by Gasteiger charge is -2.38. The Kier molecular flexibility index (Phi) is 9.51. The van der Waals surface area contributed by atoms with Crippen molar-refractivity contribution in [3.63, 3.8) is 0 Å². The van der Waals surface area contributed by atoms with Crippen LogP contribution in [0.25, 0.3) is 21.0 Å². The van der Waals surface area contributed by atoms with Gasteiger partial charge in [0.05, 0.1) is 14.2 Å². The van der Waals surface area contributed by atoms with E-state index in [2.05, 4.69) is 28.9 Å². The highest BCUT2D eigenvalue weighted by Crippen LogP contribution is 2.44. The molecule has 4 aromatic rings. The number of hydrogen-bond donors (Lipinski definition) is 4. The van der Waals surface area contributed by atoms with Gasteiger partial charge in [0.15, 0.2) is 11.5 Å². The first kappa shape index (κ1) is 29.2. The summed E-state index contributed by atoms with van der Waals surface area (Å²) in [5, 5.41) is 27.6. The van der Waals surface area contributed by atoms with Crippen LogP contribution in [0.2, 0.25) is 0 Å². The highest BCUT2D eigenvalue weighted by Gasteiger charge is 2.29. The van der Waals surface area contributed by atoms with Gasteiger partial charge < -0.3 is 34.5 Å². The molecule has 0 amide bonds. The van der Waals surface area contributed by atoms with Crippen LogP contribution >= 0.6 is 11.3 Å². The molecule has 2 aromatic heterocycles. The van der Waals surface area contributed by atoms with Gasteiger partial charge in [0, 0.05) is 44.6 Å². The second kappa shape index (κ2) is 13.0. The van der Waals surface area contributed by atoms with Crippen molar-refractivity contribution < 1.29 is 39.1 Å². The predicted molar refractivity (Wildman–Crippen MR) is 153 cm³/mol. The molecular formula is C29H34N2O8S. The lowest BCUT2D eigenvalue weighted by atomic mass is 9.90. The van der Waals surface area contributed by atoms with Gasteiger partial charge in [-0.05, 0) is 68.6 Å². The number of aromatic amines is 1. The molecule has 1 aliphatic heterocycles. The number of aliphatic hydroxyl groups is 1. The number of carboxylic acids is 2. The molecule has 214 valence electrons. The van der Waals surface area contributed by atoms with E-state index < -0.39 is 18.0 Å². The molecule has 3 heterocycles. The highest BCUT2D eigenvalue weighted by atomic mass is 32.1. The van der Waals surface area contributed by atoms with Crippen LogP contribution < -0.4 is 14.2 Å². The number of β-amino-alcohol motifs (C(OH)–C–C–N with tert-alkyl or cyclic N) is 1. The molecule has 0 unspecified atom stereocenters. The number of rotatable bonds is 8. The minimum Gasteiger partial charge on any atom is -0.493 e. The fourth-order valence-electron chi connectivity index (χ4n) is 5.10. The Hall–Kier alpha value is -3.80. The molecule has 1 saturated heterocycles. The number of H-pyrrole nitrogens is 1. The Labute approximate surface area is 235 Å². The number of benzene rings is 2. The number of thiophene rings is 1. The third kappa shape index (κ3) is 6.67. The Morgan fingerprint density at radius 2 is 1.85 bits per heavy atom. The summed E-state index contributed by atoms with van der Waals surface area (Å²) in [5.41, 5.74) is 1.04. The zero-order valence-electron chi connectivity index (χ0n) is 22.6. The summed E-state index contributed by atoms with van der Waals surface area (Å²) < 4.78 is 18.3. The van der Waals surface area contributed by atoms with E-state index in [-0.39, 0.29) is 6.61 Å². The van der Waals surface area contributed by atoms with E-state index in [1.54, 1.807) is 14.2 Å². The van der Waals surface area contributed by atoms with Gasteiger partial charge in [0.2, 0.25) is 0 Å². The van der Waals surface area contributed by atoms with E-state index in [1.165, 1.54) is 9.58 Å². The van der Waals surface area contributed by atoms with Crippen molar-refractivity contribution in [1.29, 1.82) is 0 Å². The van der Waals surface area contributed by atoms with Crippen molar-refractivity contribution in [2.75, 3.05) is 33.9 Å². The Morgan fingerprint density at radius 1 is 1.07 bits per heavy atom. The van der Waals surface area contributed by atoms with Crippen LogP contribution in [0.3, 0.4) is 0 Å². The largest absolute Gasteiger partial charge is 0.493 e. The first-order valence-corrected chi connectivity index (χ1v) is 13.7. The molecule has 0 spiro atoms. The Balaban J connectivity index is 0.000000557. The van der Waals surface area contributed by atoms with Crippen molar-refractivity contribution in [2.24, 2.45) is 0 Å². The Morgan fingerprint density at radius 3 is 2.52 bits per heavy atom. The van der Waals surface area contributed by atoms with Crippen molar-refractivity contribution in [1.82, 2.24) is 9.88 Å².